The van der Waals surface area contributed by atoms with E-state index in [1.54, 1.807) is 6.08 Å². The molecular formula is C17H18INO. The summed E-state index contributed by atoms with van der Waals surface area (Å²) in [4.78, 5) is 0. The van der Waals surface area contributed by atoms with Crippen molar-refractivity contribution in [3.63, 3.8) is 0 Å². The van der Waals surface area contributed by atoms with E-state index in [0.29, 0.717) is 6.61 Å². The van der Waals surface area contributed by atoms with E-state index in [1.807, 2.05) is 12.1 Å². The third-order valence-corrected chi connectivity index (χ3v) is 3.63. The lowest BCUT2D eigenvalue weighted by atomic mass is 10.1. The molecule has 0 aromatic heterocycles. The van der Waals surface area contributed by atoms with Crippen LogP contribution in [-0.2, 0) is 6.54 Å². The Morgan fingerprint density at radius 1 is 1.20 bits per heavy atom. The maximum absolute atomic E-state index is 5.47. The average Bonchev–Trinajstić information content (AvgIpc) is 2.45. The number of hydrogen-bond donors (Lipinski definition) is 1. The number of anilines is 1. The van der Waals surface area contributed by atoms with Crippen molar-refractivity contribution in [1.29, 1.82) is 0 Å². The Balaban J connectivity index is 1.95. The summed E-state index contributed by atoms with van der Waals surface area (Å²) in [6, 6.07) is 14.5. The van der Waals surface area contributed by atoms with Gasteiger partial charge in [0.25, 0.3) is 0 Å². The second-order valence-corrected chi connectivity index (χ2v) is 5.80. The molecule has 2 nitrogen and oxygen atoms in total. The van der Waals surface area contributed by atoms with Gasteiger partial charge < -0.3 is 10.1 Å². The number of nitrogens with one attached hydrogen (secondary N) is 1. The molecule has 0 unspecified atom stereocenters. The first-order chi connectivity index (χ1) is 9.69. The number of ether oxygens (including phenoxy) is 1. The fourth-order valence-electron chi connectivity index (χ4n) is 1.88. The molecule has 2 rings (SSSR count). The van der Waals surface area contributed by atoms with Gasteiger partial charge in [-0.05, 0) is 71.0 Å². The fourth-order valence-corrected chi connectivity index (χ4v) is 2.53. The van der Waals surface area contributed by atoms with Gasteiger partial charge in [0, 0.05) is 15.8 Å². The lowest BCUT2D eigenvalue weighted by Gasteiger charge is -2.10. The molecule has 0 saturated carbocycles. The molecule has 0 amide bonds. The Labute approximate surface area is 134 Å². The van der Waals surface area contributed by atoms with Crippen LogP contribution in [0.25, 0.3) is 0 Å². The highest BCUT2D eigenvalue weighted by Gasteiger charge is 1.99. The second kappa shape index (κ2) is 7.33. The Hall–Kier alpha value is -1.49. The number of benzene rings is 2. The maximum Gasteiger partial charge on any atom is 0.119 e. The van der Waals surface area contributed by atoms with E-state index in [9.17, 15) is 0 Å². The van der Waals surface area contributed by atoms with E-state index in [0.717, 1.165) is 12.3 Å². The number of rotatable bonds is 6. The Kier molecular flexibility index (Phi) is 5.47. The number of aryl methyl sites for hydroxylation is 1. The Bertz CT molecular complexity index is 578. The summed E-state index contributed by atoms with van der Waals surface area (Å²) in [5.41, 5.74) is 3.68. The van der Waals surface area contributed by atoms with Crippen LogP contribution in [0, 0.1) is 10.5 Å². The van der Waals surface area contributed by atoms with Crippen LogP contribution in [0.3, 0.4) is 0 Å². The molecule has 0 fully saturated rings. The minimum Gasteiger partial charge on any atom is -0.490 e. The first-order valence-corrected chi connectivity index (χ1v) is 7.59. The van der Waals surface area contributed by atoms with Gasteiger partial charge in [0.05, 0.1) is 0 Å². The lowest BCUT2D eigenvalue weighted by Crippen LogP contribution is -2.01. The van der Waals surface area contributed by atoms with Gasteiger partial charge in [-0.15, -0.1) is 0 Å². The SMILES string of the molecule is C=CCOc1ccc(CNc2ccc(I)cc2C)cc1. The summed E-state index contributed by atoms with van der Waals surface area (Å²) in [5.74, 6) is 0.874. The lowest BCUT2D eigenvalue weighted by molar-refractivity contribution is 0.363. The van der Waals surface area contributed by atoms with Crippen molar-refractivity contribution >= 4 is 28.3 Å². The molecule has 2 aromatic rings. The highest BCUT2D eigenvalue weighted by molar-refractivity contribution is 14.1. The van der Waals surface area contributed by atoms with Gasteiger partial charge in [0.2, 0.25) is 0 Å². The number of hydrogen-bond acceptors (Lipinski definition) is 2. The maximum atomic E-state index is 5.47. The molecule has 0 heterocycles. The van der Waals surface area contributed by atoms with Crippen molar-refractivity contribution in [2.45, 2.75) is 13.5 Å². The van der Waals surface area contributed by atoms with Crippen LogP contribution in [0.4, 0.5) is 5.69 Å². The molecule has 3 heteroatoms. The van der Waals surface area contributed by atoms with E-state index in [-0.39, 0.29) is 0 Å². The van der Waals surface area contributed by atoms with Gasteiger partial charge in [-0.1, -0.05) is 24.8 Å². The summed E-state index contributed by atoms with van der Waals surface area (Å²) < 4.78 is 6.72. The van der Waals surface area contributed by atoms with Gasteiger partial charge in [0.1, 0.15) is 12.4 Å². The molecule has 0 atom stereocenters. The van der Waals surface area contributed by atoms with Crippen LogP contribution in [-0.4, -0.2) is 6.61 Å². The van der Waals surface area contributed by atoms with Crippen molar-refractivity contribution < 1.29 is 4.74 Å². The van der Waals surface area contributed by atoms with E-state index in [1.165, 1.54) is 20.4 Å². The van der Waals surface area contributed by atoms with Gasteiger partial charge in [-0.3, -0.25) is 0 Å². The topological polar surface area (TPSA) is 21.3 Å². The Morgan fingerprint density at radius 3 is 2.60 bits per heavy atom. The van der Waals surface area contributed by atoms with Crippen molar-refractivity contribution in [2.24, 2.45) is 0 Å². The Morgan fingerprint density at radius 2 is 1.95 bits per heavy atom. The second-order valence-electron chi connectivity index (χ2n) is 4.56. The van der Waals surface area contributed by atoms with Crippen LogP contribution in [0.15, 0.2) is 55.1 Å². The minimum atomic E-state index is 0.541. The third kappa shape index (κ3) is 4.27. The van der Waals surface area contributed by atoms with Crippen LogP contribution < -0.4 is 10.1 Å². The summed E-state index contributed by atoms with van der Waals surface area (Å²) in [6.07, 6.45) is 1.75. The van der Waals surface area contributed by atoms with E-state index in [2.05, 4.69) is 71.7 Å². The molecule has 2 aromatic carbocycles. The molecule has 104 valence electrons. The smallest absolute Gasteiger partial charge is 0.119 e. The molecule has 0 spiro atoms. The molecule has 0 aliphatic rings. The highest BCUT2D eigenvalue weighted by atomic mass is 127. The van der Waals surface area contributed by atoms with Gasteiger partial charge in [-0.2, -0.15) is 0 Å². The predicted octanol–water partition coefficient (Wildman–Crippen LogP) is 4.78. The molecule has 20 heavy (non-hydrogen) atoms. The molecule has 0 saturated heterocycles. The van der Waals surface area contributed by atoms with Crippen molar-refractivity contribution in [2.75, 3.05) is 11.9 Å². The largest absolute Gasteiger partial charge is 0.490 e. The van der Waals surface area contributed by atoms with Gasteiger partial charge >= 0.3 is 0 Å². The first kappa shape index (κ1) is 14.9. The van der Waals surface area contributed by atoms with Crippen LogP contribution in [0.1, 0.15) is 11.1 Å². The molecule has 0 bridgehead atoms. The van der Waals surface area contributed by atoms with Crippen molar-refractivity contribution in [1.82, 2.24) is 0 Å². The number of halogens is 1. The fraction of sp³-hybridized carbons (Fsp3) is 0.176. The molecule has 0 radical (unpaired) electrons. The van der Waals surface area contributed by atoms with Gasteiger partial charge in [0.15, 0.2) is 0 Å². The zero-order chi connectivity index (χ0) is 14.4. The van der Waals surface area contributed by atoms with E-state index in [4.69, 9.17) is 4.74 Å². The zero-order valence-corrected chi connectivity index (χ0v) is 13.7. The van der Waals surface area contributed by atoms with Crippen LogP contribution >= 0.6 is 22.6 Å². The van der Waals surface area contributed by atoms with E-state index < -0.39 is 0 Å². The molecule has 0 aliphatic carbocycles. The average molecular weight is 379 g/mol. The summed E-state index contributed by atoms with van der Waals surface area (Å²) in [6.45, 7) is 7.11. The van der Waals surface area contributed by atoms with E-state index >= 15 is 0 Å². The standard InChI is InChI=1S/C17H18INO/c1-3-10-20-16-7-4-14(5-8-16)12-19-17-9-6-15(18)11-13(17)2/h3-9,11,19H,1,10,12H2,2H3. The normalized spacial score (nSPS) is 10.1. The molecular weight excluding hydrogens is 361 g/mol. The summed E-state index contributed by atoms with van der Waals surface area (Å²) in [5, 5.41) is 3.46. The quantitative estimate of drug-likeness (QED) is 0.576. The first-order valence-electron chi connectivity index (χ1n) is 6.51. The predicted molar refractivity (Wildman–Crippen MR) is 93.4 cm³/mol. The van der Waals surface area contributed by atoms with Crippen molar-refractivity contribution in [3.05, 3.63) is 69.8 Å². The van der Waals surface area contributed by atoms with Gasteiger partial charge in [-0.25, -0.2) is 0 Å². The monoisotopic (exact) mass is 379 g/mol. The van der Waals surface area contributed by atoms with Crippen LogP contribution in [0.2, 0.25) is 0 Å². The minimum absolute atomic E-state index is 0.541. The van der Waals surface area contributed by atoms with Crippen molar-refractivity contribution in [3.8, 4) is 5.75 Å². The zero-order valence-electron chi connectivity index (χ0n) is 11.5. The molecule has 0 aliphatic heterocycles. The third-order valence-electron chi connectivity index (χ3n) is 2.96. The summed E-state index contributed by atoms with van der Waals surface area (Å²) >= 11 is 2.33. The molecule has 1 N–H and O–H groups in total. The summed E-state index contributed by atoms with van der Waals surface area (Å²) in [7, 11) is 0. The van der Waals surface area contributed by atoms with Crippen LogP contribution in [0.5, 0.6) is 5.75 Å². The highest BCUT2D eigenvalue weighted by Crippen LogP contribution is 2.19.